The number of hydrogen-bond donors (Lipinski definition) is 1. The molecule has 0 aliphatic heterocycles. The van der Waals surface area contributed by atoms with Crippen molar-refractivity contribution in [1.82, 2.24) is 14.6 Å². The summed E-state index contributed by atoms with van der Waals surface area (Å²) in [4.78, 5) is 4.23. The summed E-state index contributed by atoms with van der Waals surface area (Å²) in [5, 5.41) is 4.46. The predicted molar refractivity (Wildman–Crippen MR) is 74.0 cm³/mol. The van der Waals surface area contributed by atoms with Crippen molar-refractivity contribution in [3.8, 4) is 17.0 Å². The number of hydrogen-bond acceptors (Lipinski definition) is 4. The first-order valence-electron chi connectivity index (χ1n) is 6.10. The van der Waals surface area contributed by atoms with Crippen molar-refractivity contribution in [3.05, 3.63) is 42.7 Å². The van der Waals surface area contributed by atoms with Gasteiger partial charge in [-0.15, -0.1) is 0 Å². The molecule has 0 amide bonds. The maximum absolute atomic E-state index is 5.69. The molecule has 0 fully saturated rings. The van der Waals surface area contributed by atoms with Crippen LogP contribution >= 0.6 is 0 Å². The molecule has 0 bridgehead atoms. The van der Waals surface area contributed by atoms with Crippen LogP contribution in [0.1, 0.15) is 6.92 Å². The van der Waals surface area contributed by atoms with Crippen LogP contribution in [0.25, 0.3) is 16.9 Å². The van der Waals surface area contributed by atoms with Gasteiger partial charge in [0, 0.05) is 11.6 Å². The van der Waals surface area contributed by atoms with Crippen LogP contribution in [0.2, 0.25) is 0 Å². The van der Waals surface area contributed by atoms with Gasteiger partial charge in [0.05, 0.1) is 30.4 Å². The van der Waals surface area contributed by atoms with Crippen LogP contribution in [0, 0.1) is 0 Å². The Kier molecular flexibility index (Phi) is 2.79. The molecule has 0 unspecified atom stereocenters. The number of benzene rings is 1. The van der Waals surface area contributed by atoms with E-state index in [1.807, 2.05) is 37.3 Å². The summed E-state index contributed by atoms with van der Waals surface area (Å²) < 4.78 is 7.17. The van der Waals surface area contributed by atoms with Crippen LogP contribution in [-0.2, 0) is 0 Å². The van der Waals surface area contributed by atoms with E-state index in [9.17, 15) is 0 Å². The lowest BCUT2D eigenvalue weighted by molar-refractivity contribution is 0.340. The number of rotatable bonds is 3. The van der Waals surface area contributed by atoms with Crippen molar-refractivity contribution in [2.24, 2.45) is 0 Å². The first-order valence-corrected chi connectivity index (χ1v) is 6.10. The van der Waals surface area contributed by atoms with Crippen LogP contribution in [-0.4, -0.2) is 21.2 Å². The molecule has 2 aromatic heterocycles. The standard InChI is InChI=1S/C14H14N4O/c1-2-19-12-5-3-4-10(6-12)13-7-14-16-8-11(15)9-18(14)17-13/h3-9H,2,15H2,1H3. The molecule has 0 saturated heterocycles. The van der Waals surface area contributed by atoms with Gasteiger partial charge in [-0.1, -0.05) is 12.1 Å². The van der Waals surface area contributed by atoms with E-state index in [2.05, 4.69) is 10.1 Å². The Morgan fingerprint density at radius 3 is 3.05 bits per heavy atom. The third-order valence-corrected chi connectivity index (χ3v) is 2.77. The van der Waals surface area contributed by atoms with E-state index < -0.39 is 0 Å². The smallest absolute Gasteiger partial charge is 0.155 e. The molecule has 5 heteroatoms. The Morgan fingerprint density at radius 1 is 1.32 bits per heavy atom. The van der Waals surface area contributed by atoms with Gasteiger partial charge in [0.25, 0.3) is 0 Å². The Bertz CT molecular complexity index is 720. The second-order valence-corrected chi connectivity index (χ2v) is 4.18. The predicted octanol–water partition coefficient (Wildman–Crippen LogP) is 2.38. The molecular formula is C14H14N4O. The van der Waals surface area contributed by atoms with Crippen molar-refractivity contribution in [2.75, 3.05) is 12.3 Å². The average Bonchev–Trinajstić information content (AvgIpc) is 2.82. The van der Waals surface area contributed by atoms with Gasteiger partial charge in [0.2, 0.25) is 0 Å². The highest BCUT2D eigenvalue weighted by Gasteiger charge is 2.06. The fourth-order valence-electron chi connectivity index (χ4n) is 1.94. The minimum atomic E-state index is 0.588. The van der Waals surface area contributed by atoms with Gasteiger partial charge in [-0.25, -0.2) is 9.50 Å². The normalized spacial score (nSPS) is 10.8. The summed E-state index contributed by atoms with van der Waals surface area (Å²) in [6.07, 6.45) is 3.37. The van der Waals surface area contributed by atoms with E-state index in [4.69, 9.17) is 10.5 Å². The monoisotopic (exact) mass is 254 g/mol. The van der Waals surface area contributed by atoms with Crippen LogP contribution in [0.4, 0.5) is 5.69 Å². The molecule has 3 rings (SSSR count). The lowest BCUT2D eigenvalue weighted by Gasteiger charge is -2.03. The van der Waals surface area contributed by atoms with Crippen molar-refractivity contribution in [2.45, 2.75) is 6.92 Å². The van der Waals surface area contributed by atoms with Gasteiger partial charge in [0.1, 0.15) is 5.75 Å². The average molecular weight is 254 g/mol. The molecule has 0 spiro atoms. The summed E-state index contributed by atoms with van der Waals surface area (Å²) in [5.41, 5.74) is 8.89. The summed E-state index contributed by atoms with van der Waals surface area (Å²) in [7, 11) is 0. The molecule has 3 aromatic rings. The molecule has 2 N–H and O–H groups in total. The lowest BCUT2D eigenvalue weighted by Crippen LogP contribution is -1.94. The first kappa shape index (κ1) is 11.5. The number of aromatic nitrogens is 3. The van der Waals surface area contributed by atoms with E-state index >= 15 is 0 Å². The minimum Gasteiger partial charge on any atom is -0.494 e. The van der Waals surface area contributed by atoms with Gasteiger partial charge >= 0.3 is 0 Å². The number of nitrogens with two attached hydrogens (primary N) is 1. The van der Waals surface area contributed by atoms with E-state index in [0.29, 0.717) is 12.3 Å². The molecule has 1 aromatic carbocycles. The second-order valence-electron chi connectivity index (χ2n) is 4.18. The topological polar surface area (TPSA) is 65.4 Å². The molecule has 0 aliphatic rings. The zero-order valence-corrected chi connectivity index (χ0v) is 10.6. The molecule has 0 aliphatic carbocycles. The van der Waals surface area contributed by atoms with Crippen LogP contribution < -0.4 is 10.5 Å². The number of nitrogens with zero attached hydrogens (tertiary/aromatic N) is 3. The summed E-state index contributed by atoms with van der Waals surface area (Å²) in [6, 6.07) is 9.76. The number of ether oxygens (including phenoxy) is 1. The fraction of sp³-hybridized carbons (Fsp3) is 0.143. The first-order chi connectivity index (χ1) is 9.26. The SMILES string of the molecule is CCOc1cccc(-c2cc3ncc(N)cn3n2)c1. The van der Waals surface area contributed by atoms with Crippen molar-refractivity contribution >= 4 is 11.3 Å². The molecular weight excluding hydrogens is 240 g/mol. The third-order valence-electron chi connectivity index (χ3n) is 2.77. The van der Waals surface area contributed by atoms with Gasteiger partial charge in [-0.2, -0.15) is 5.10 Å². The maximum Gasteiger partial charge on any atom is 0.155 e. The summed E-state index contributed by atoms with van der Waals surface area (Å²) in [6.45, 7) is 2.61. The lowest BCUT2D eigenvalue weighted by atomic mass is 10.1. The zero-order chi connectivity index (χ0) is 13.2. The highest BCUT2D eigenvalue weighted by atomic mass is 16.5. The molecule has 0 saturated carbocycles. The van der Waals surface area contributed by atoms with Crippen molar-refractivity contribution in [3.63, 3.8) is 0 Å². The van der Waals surface area contributed by atoms with Gasteiger partial charge in [-0.3, -0.25) is 0 Å². The van der Waals surface area contributed by atoms with E-state index in [-0.39, 0.29) is 0 Å². The Hall–Kier alpha value is -2.56. The molecule has 0 atom stereocenters. The number of nitrogen functional groups attached to an aromatic ring is 1. The van der Waals surface area contributed by atoms with E-state index in [1.165, 1.54) is 0 Å². The highest BCUT2D eigenvalue weighted by Crippen LogP contribution is 2.23. The largest absolute Gasteiger partial charge is 0.494 e. The second kappa shape index (κ2) is 4.61. The maximum atomic E-state index is 5.69. The van der Waals surface area contributed by atoms with Gasteiger partial charge in [0.15, 0.2) is 5.65 Å². The molecule has 19 heavy (non-hydrogen) atoms. The number of fused-ring (bicyclic) bond motifs is 1. The summed E-state index contributed by atoms with van der Waals surface area (Å²) >= 11 is 0. The fourth-order valence-corrected chi connectivity index (χ4v) is 1.94. The Morgan fingerprint density at radius 2 is 2.21 bits per heavy atom. The van der Waals surface area contributed by atoms with Crippen molar-refractivity contribution < 1.29 is 4.74 Å². The molecule has 5 nitrogen and oxygen atoms in total. The quantitative estimate of drug-likeness (QED) is 0.779. The highest BCUT2D eigenvalue weighted by molar-refractivity contribution is 5.65. The van der Waals surface area contributed by atoms with Gasteiger partial charge in [-0.05, 0) is 19.1 Å². The van der Waals surface area contributed by atoms with E-state index in [0.717, 1.165) is 22.7 Å². The minimum absolute atomic E-state index is 0.588. The molecule has 96 valence electrons. The van der Waals surface area contributed by atoms with Gasteiger partial charge < -0.3 is 10.5 Å². The zero-order valence-electron chi connectivity index (χ0n) is 10.6. The van der Waals surface area contributed by atoms with E-state index in [1.54, 1.807) is 16.9 Å². The Labute approximate surface area is 110 Å². The molecule has 2 heterocycles. The third kappa shape index (κ3) is 2.22. The molecule has 0 radical (unpaired) electrons. The van der Waals surface area contributed by atoms with Crippen LogP contribution in [0.5, 0.6) is 5.75 Å². The van der Waals surface area contributed by atoms with Crippen LogP contribution in [0.3, 0.4) is 0 Å². The number of anilines is 1. The Balaban J connectivity index is 2.05. The van der Waals surface area contributed by atoms with Crippen LogP contribution in [0.15, 0.2) is 42.7 Å². The summed E-state index contributed by atoms with van der Waals surface area (Å²) in [5.74, 6) is 0.838. The van der Waals surface area contributed by atoms with Crippen molar-refractivity contribution in [1.29, 1.82) is 0 Å².